The standard InChI is InChI=1S/C18H19Cl3N3O3P3/c19-28(25-16-10-4-1-5-11-16)22-29(20,26-17-12-6-2-7-13-17)24-30(21,23-28)27-18-14-8-3-9-15-18/h1-15,22-23,28-29H. The Bertz CT molecular complexity index is 1050. The van der Waals surface area contributed by atoms with Crippen LogP contribution < -0.4 is 23.3 Å². The van der Waals surface area contributed by atoms with Crippen molar-refractivity contribution in [1.82, 2.24) is 9.72 Å². The molecule has 0 aliphatic carbocycles. The molecule has 3 aromatic rings. The van der Waals surface area contributed by atoms with E-state index in [0.717, 1.165) is 0 Å². The molecule has 1 aliphatic heterocycles. The van der Waals surface area contributed by atoms with Crippen molar-refractivity contribution in [3.05, 3.63) is 91.0 Å². The SMILES string of the molecule is ClP1(Oc2ccccc2)=N[PH](Cl)(Oc2ccccc2)N[PH](Cl)(Oc2ccccc2)N1. The van der Waals surface area contributed by atoms with E-state index in [1.807, 2.05) is 54.6 Å². The van der Waals surface area contributed by atoms with Crippen LogP contribution in [-0.2, 0) is 0 Å². The molecule has 0 aromatic heterocycles. The molecule has 1 heterocycles. The number of nitrogens with zero attached hydrogens (tertiary/aromatic N) is 1. The fourth-order valence-corrected chi connectivity index (χ4v) is 19.8. The summed E-state index contributed by atoms with van der Waals surface area (Å²) in [6.45, 7) is -3.21. The van der Waals surface area contributed by atoms with Gasteiger partial charge in [-0.1, -0.05) is 0 Å². The van der Waals surface area contributed by atoms with Crippen molar-refractivity contribution in [3.8, 4) is 17.2 Å². The van der Waals surface area contributed by atoms with Gasteiger partial charge in [0.1, 0.15) is 0 Å². The molecule has 12 heteroatoms. The predicted molar refractivity (Wildman–Crippen MR) is 131 cm³/mol. The van der Waals surface area contributed by atoms with Crippen molar-refractivity contribution in [3.63, 3.8) is 0 Å². The Morgan fingerprint density at radius 1 is 0.700 bits per heavy atom. The van der Waals surface area contributed by atoms with Crippen LogP contribution in [0.25, 0.3) is 0 Å². The summed E-state index contributed by atoms with van der Waals surface area (Å²) in [6.07, 6.45) is 0. The van der Waals surface area contributed by atoms with Gasteiger partial charge in [0.05, 0.1) is 0 Å². The molecule has 0 fully saturated rings. The number of hydrogen-bond donors (Lipinski definition) is 2. The first-order chi connectivity index (χ1) is 14.4. The molecule has 1 atom stereocenters. The summed E-state index contributed by atoms with van der Waals surface area (Å²) < 4.78 is 22.7. The molecule has 30 heavy (non-hydrogen) atoms. The van der Waals surface area contributed by atoms with E-state index in [9.17, 15) is 0 Å². The van der Waals surface area contributed by atoms with Gasteiger partial charge < -0.3 is 0 Å². The minimum absolute atomic E-state index is 0.527. The third kappa shape index (κ3) is 5.79. The molecular formula is C18H19Cl3N3O3P3. The van der Waals surface area contributed by atoms with E-state index in [2.05, 4.69) is 14.2 Å². The van der Waals surface area contributed by atoms with Crippen LogP contribution in [0.5, 0.6) is 17.2 Å². The molecule has 0 spiro atoms. The van der Waals surface area contributed by atoms with E-state index < -0.39 is 21.1 Å². The number of para-hydroxylation sites is 3. The van der Waals surface area contributed by atoms with Crippen LogP contribution in [0.2, 0.25) is 0 Å². The maximum absolute atomic E-state index is 6.88. The van der Waals surface area contributed by atoms with E-state index in [-0.39, 0.29) is 0 Å². The van der Waals surface area contributed by atoms with Crippen LogP contribution >= 0.6 is 54.8 Å². The van der Waals surface area contributed by atoms with E-state index in [0.29, 0.717) is 17.2 Å². The van der Waals surface area contributed by atoms with Gasteiger partial charge in [-0.3, -0.25) is 0 Å². The average molecular weight is 525 g/mol. The maximum atomic E-state index is 6.88. The van der Waals surface area contributed by atoms with Gasteiger partial charge in [0.2, 0.25) is 0 Å². The van der Waals surface area contributed by atoms with E-state index in [1.165, 1.54) is 0 Å². The summed E-state index contributed by atoms with van der Waals surface area (Å²) in [5.41, 5.74) is 0. The summed E-state index contributed by atoms with van der Waals surface area (Å²) in [5, 5.41) is 0. The number of nitrogens with one attached hydrogen (secondary N) is 2. The quantitative estimate of drug-likeness (QED) is 0.321. The Balaban J connectivity index is 1.70. The van der Waals surface area contributed by atoms with Gasteiger partial charge in [0.25, 0.3) is 0 Å². The van der Waals surface area contributed by atoms with Crippen LogP contribution in [0.3, 0.4) is 0 Å². The van der Waals surface area contributed by atoms with Gasteiger partial charge in [-0.05, 0) is 0 Å². The monoisotopic (exact) mass is 523 g/mol. The number of rotatable bonds is 6. The fraction of sp³-hybridized carbons (Fsp3) is 0. The topological polar surface area (TPSA) is 64.1 Å². The molecule has 0 saturated carbocycles. The number of benzene rings is 3. The molecule has 1 unspecified atom stereocenters. The third-order valence-electron chi connectivity index (χ3n) is 3.82. The summed E-state index contributed by atoms with van der Waals surface area (Å²) in [6, 6.07) is 27.3. The molecule has 4 rings (SSSR count). The van der Waals surface area contributed by atoms with Crippen molar-refractivity contribution < 1.29 is 13.6 Å². The summed E-state index contributed by atoms with van der Waals surface area (Å²) in [5.74, 6) is 1.61. The summed E-state index contributed by atoms with van der Waals surface area (Å²) in [4.78, 5) is 6.17. The normalized spacial score (nSPS) is 24.0. The van der Waals surface area contributed by atoms with Gasteiger partial charge >= 0.3 is 191 Å². The van der Waals surface area contributed by atoms with Gasteiger partial charge in [0, 0.05) is 0 Å². The molecule has 3 aromatic carbocycles. The number of halogens is 3. The second-order valence-corrected chi connectivity index (χ2v) is 17.3. The van der Waals surface area contributed by atoms with Crippen molar-refractivity contribution in [2.45, 2.75) is 0 Å². The molecule has 0 amide bonds. The molecule has 6 nitrogen and oxygen atoms in total. The van der Waals surface area contributed by atoms with Crippen LogP contribution in [0, 0.1) is 0 Å². The first-order valence-electron chi connectivity index (χ1n) is 8.88. The minimum atomic E-state index is -3.57. The Morgan fingerprint density at radius 2 is 1.17 bits per heavy atom. The zero-order valence-electron chi connectivity index (χ0n) is 15.4. The first-order valence-corrected chi connectivity index (χ1v) is 17.2. The second-order valence-electron chi connectivity index (χ2n) is 6.23. The molecule has 0 bridgehead atoms. The third-order valence-corrected chi connectivity index (χ3v) is 17.4. The van der Waals surface area contributed by atoms with Gasteiger partial charge in [-0.25, -0.2) is 0 Å². The zero-order chi connectivity index (χ0) is 21.1. The first kappa shape index (κ1) is 22.1. The average Bonchev–Trinajstić information content (AvgIpc) is 2.68. The van der Waals surface area contributed by atoms with Crippen molar-refractivity contribution in [2.75, 3.05) is 0 Å². The molecule has 1 aliphatic rings. The number of hydrogen-bond acceptors (Lipinski definition) is 6. The van der Waals surface area contributed by atoms with E-state index in [1.54, 1.807) is 36.4 Å². The zero-order valence-corrected chi connectivity index (χ0v) is 20.6. The molecule has 2 N–H and O–H groups in total. The molecular weight excluding hydrogens is 505 g/mol. The van der Waals surface area contributed by atoms with E-state index >= 15 is 0 Å². The van der Waals surface area contributed by atoms with Crippen LogP contribution in [0.1, 0.15) is 0 Å². The second kappa shape index (κ2) is 9.20. The molecule has 160 valence electrons. The Hall–Kier alpha value is -1.06. The molecule has 0 radical (unpaired) electrons. The predicted octanol–water partition coefficient (Wildman–Crippen LogP) is 7.90. The Labute approximate surface area is 190 Å². The van der Waals surface area contributed by atoms with Crippen molar-refractivity contribution >= 4 is 54.8 Å². The van der Waals surface area contributed by atoms with Crippen molar-refractivity contribution in [2.24, 2.45) is 4.52 Å². The Morgan fingerprint density at radius 3 is 1.70 bits per heavy atom. The fourth-order valence-electron chi connectivity index (χ4n) is 2.67. The summed E-state index contributed by atoms with van der Waals surface area (Å²) >= 11 is 20.5. The molecule has 0 saturated heterocycles. The van der Waals surface area contributed by atoms with E-state index in [4.69, 9.17) is 47.3 Å². The van der Waals surface area contributed by atoms with Crippen LogP contribution in [-0.4, -0.2) is 0 Å². The van der Waals surface area contributed by atoms with Gasteiger partial charge in [-0.15, -0.1) is 0 Å². The van der Waals surface area contributed by atoms with Gasteiger partial charge in [-0.2, -0.15) is 0 Å². The summed E-state index contributed by atoms with van der Waals surface area (Å²) in [7, 11) is -7.05. The van der Waals surface area contributed by atoms with Crippen LogP contribution in [0.4, 0.5) is 0 Å². The Kier molecular flexibility index (Phi) is 6.79. The van der Waals surface area contributed by atoms with Crippen molar-refractivity contribution in [1.29, 1.82) is 0 Å². The van der Waals surface area contributed by atoms with Crippen LogP contribution in [0.15, 0.2) is 95.5 Å². The van der Waals surface area contributed by atoms with Gasteiger partial charge in [0.15, 0.2) is 0 Å².